The Morgan fingerprint density at radius 1 is 1.06 bits per heavy atom. The number of ether oxygens (including phenoxy) is 1. The zero-order valence-corrected chi connectivity index (χ0v) is 16.7. The van der Waals surface area contributed by atoms with Crippen LogP contribution >= 0.6 is 0 Å². The second kappa shape index (κ2) is 7.91. The van der Waals surface area contributed by atoms with Crippen LogP contribution in [0.2, 0.25) is 0 Å². The lowest BCUT2D eigenvalue weighted by Crippen LogP contribution is -2.29. The second-order valence-corrected chi connectivity index (χ2v) is 6.94. The summed E-state index contributed by atoms with van der Waals surface area (Å²) in [5, 5.41) is 14.8. The molecule has 3 aromatic rings. The molecule has 1 N–H and O–H groups in total. The Balaban J connectivity index is 1.90. The summed E-state index contributed by atoms with van der Waals surface area (Å²) in [4.78, 5) is 38.9. The molecule has 1 fully saturated rings. The maximum absolute atomic E-state index is 13.0. The number of Topliss-reactive ketones (excluding diaryl/α,β-unsaturated/α-hetero) is 1. The first kappa shape index (κ1) is 20.1. The van der Waals surface area contributed by atoms with Crippen molar-refractivity contribution >= 4 is 29.2 Å². The molecule has 156 valence electrons. The number of anilines is 1. The molecular weight excluding hydrogens is 400 g/mol. The Bertz CT molecular complexity index is 1190. The molecule has 1 saturated heterocycles. The molecule has 1 amide bonds. The fourth-order valence-electron chi connectivity index (χ4n) is 3.52. The molecule has 1 aromatic heterocycles. The van der Waals surface area contributed by atoms with Crippen molar-refractivity contribution in [1.82, 2.24) is 5.16 Å². The minimum absolute atomic E-state index is 0.0809. The van der Waals surface area contributed by atoms with Gasteiger partial charge in [-0.25, -0.2) is 4.79 Å². The van der Waals surface area contributed by atoms with Gasteiger partial charge in [0.1, 0.15) is 11.5 Å². The number of methoxy groups -OCH3 is 1. The molecule has 0 saturated carbocycles. The molecule has 8 nitrogen and oxygen atoms in total. The summed E-state index contributed by atoms with van der Waals surface area (Å²) in [6.45, 7) is 1.66. The van der Waals surface area contributed by atoms with Crippen molar-refractivity contribution in [2.45, 2.75) is 13.0 Å². The van der Waals surface area contributed by atoms with Crippen molar-refractivity contribution in [3.63, 3.8) is 0 Å². The number of aliphatic hydroxyl groups is 1. The van der Waals surface area contributed by atoms with E-state index in [1.165, 1.54) is 30.2 Å². The molecule has 1 aliphatic rings. The molecule has 0 unspecified atom stereocenters. The average molecular weight is 418 g/mol. The molecule has 4 rings (SSSR count). The number of rotatable bonds is 4. The molecule has 2 aromatic carbocycles. The van der Waals surface area contributed by atoms with E-state index < -0.39 is 23.7 Å². The quantitative estimate of drug-likeness (QED) is 0.299. The van der Waals surface area contributed by atoms with Crippen molar-refractivity contribution in [2.24, 2.45) is 0 Å². The molecule has 0 radical (unpaired) electrons. The highest BCUT2D eigenvalue weighted by atomic mass is 16.5. The van der Waals surface area contributed by atoms with Gasteiger partial charge in [0.2, 0.25) is 0 Å². The zero-order valence-electron chi connectivity index (χ0n) is 16.7. The highest BCUT2D eigenvalue weighted by Gasteiger charge is 2.48. The Labute approximate surface area is 177 Å². The minimum Gasteiger partial charge on any atom is -0.507 e. The molecule has 8 heteroatoms. The summed E-state index contributed by atoms with van der Waals surface area (Å²) < 4.78 is 9.81. The van der Waals surface area contributed by atoms with Gasteiger partial charge in [-0.15, -0.1) is 0 Å². The Morgan fingerprint density at radius 2 is 1.74 bits per heavy atom. The molecule has 0 bridgehead atoms. The van der Waals surface area contributed by atoms with Crippen LogP contribution in [0, 0.1) is 6.92 Å². The molecule has 1 aliphatic heterocycles. The first-order chi connectivity index (χ1) is 14.9. The third kappa shape index (κ3) is 3.48. The van der Waals surface area contributed by atoms with Crippen LogP contribution in [-0.2, 0) is 14.3 Å². The number of aryl methyl sites for hydroxylation is 1. The van der Waals surface area contributed by atoms with E-state index >= 15 is 0 Å². The van der Waals surface area contributed by atoms with Gasteiger partial charge >= 0.3 is 11.9 Å². The van der Waals surface area contributed by atoms with Crippen molar-refractivity contribution in [2.75, 3.05) is 12.0 Å². The first-order valence-electron chi connectivity index (χ1n) is 9.40. The number of aromatic nitrogens is 1. The number of hydrogen-bond acceptors (Lipinski definition) is 7. The van der Waals surface area contributed by atoms with Crippen LogP contribution in [0.1, 0.15) is 33.3 Å². The van der Waals surface area contributed by atoms with Crippen molar-refractivity contribution < 1.29 is 28.8 Å². The third-order valence-corrected chi connectivity index (χ3v) is 5.00. The van der Waals surface area contributed by atoms with E-state index in [0.717, 1.165) is 0 Å². The minimum atomic E-state index is -0.962. The number of ketones is 1. The molecule has 0 aliphatic carbocycles. The normalized spacial score (nSPS) is 17.7. The van der Waals surface area contributed by atoms with Gasteiger partial charge in [0.15, 0.2) is 5.82 Å². The Hall–Kier alpha value is -4.20. The maximum atomic E-state index is 13.0. The van der Waals surface area contributed by atoms with Gasteiger partial charge in [-0.3, -0.25) is 14.5 Å². The monoisotopic (exact) mass is 418 g/mol. The molecule has 2 heterocycles. The number of esters is 1. The summed E-state index contributed by atoms with van der Waals surface area (Å²) in [6.07, 6.45) is 0. The van der Waals surface area contributed by atoms with Crippen LogP contribution in [-0.4, -0.2) is 35.0 Å². The number of nitrogens with zero attached hydrogens (tertiary/aromatic N) is 2. The van der Waals surface area contributed by atoms with E-state index in [0.29, 0.717) is 22.5 Å². The zero-order chi connectivity index (χ0) is 22.1. The van der Waals surface area contributed by atoms with Crippen molar-refractivity contribution in [3.8, 4) is 0 Å². The summed E-state index contributed by atoms with van der Waals surface area (Å²) in [5.41, 5.74) is 1.13. The molecule has 0 spiro atoms. The lowest BCUT2D eigenvalue weighted by atomic mass is 9.94. The van der Waals surface area contributed by atoms with Gasteiger partial charge in [0.05, 0.1) is 24.3 Å². The Kier molecular flexibility index (Phi) is 5.12. The number of benzene rings is 2. The van der Waals surface area contributed by atoms with Crippen LogP contribution in [0.15, 0.2) is 70.8 Å². The van der Waals surface area contributed by atoms with Gasteiger partial charge in [0.25, 0.3) is 5.78 Å². The highest BCUT2D eigenvalue weighted by molar-refractivity contribution is 6.51. The van der Waals surface area contributed by atoms with E-state index in [-0.39, 0.29) is 17.2 Å². The fourth-order valence-corrected chi connectivity index (χ4v) is 3.52. The summed E-state index contributed by atoms with van der Waals surface area (Å²) in [6, 6.07) is 15.3. The molecular formula is C23H18N2O6. The summed E-state index contributed by atoms with van der Waals surface area (Å²) in [7, 11) is 1.28. The number of amides is 1. The summed E-state index contributed by atoms with van der Waals surface area (Å²) >= 11 is 0. The Morgan fingerprint density at radius 3 is 2.32 bits per heavy atom. The second-order valence-electron chi connectivity index (χ2n) is 6.94. The SMILES string of the molecule is COC(=O)c1ccc([C@@H]2C(=C(O)c3ccccc3)C(=O)C(=O)N2c2cc(C)on2)cc1. The van der Waals surface area contributed by atoms with Gasteiger partial charge in [0, 0.05) is 11.6 Å². The standard InChI is InChI=1S/C23H18N2O6/c1-13-12-17(24-31-13)25-19(14-8-10-16(11-9-14)23(29)30-2)18(21(27)22(25)28)20(26)15-6-4-3-5-7-15/h3-12,19,26H,1-2H3/t19-/m1/s1. The van der Waals surface area contributed by atoms with Gasteiger partial charge in [-0.1, -0.05) is 47.6 Å². The average Bonchev–Trinajstić information content (AvgIpc) is 3.34. The lowest BCUT2D eigenvalue weighted by Gasteiger charge is -2.23. The van der Waals surface area contributed by atoms with E-state index in [1.807, 2.05) is 0 Å². The number of carbonyl (C=O) groups excluding carboxylic acids is 3. The van der Waals surface area contributed by atoms with E-state index in [4.69, 9.17) is 9.26 Å². The van der Waals surface area contributed by atoms with E-state index in [2.05, 4.69) is 5.16 Å². The first-order valence-corrected chi connectivity index (χ1v) is 9.40. The van der Waals surface area contributed by atoms with Crippen LogP contribution in [0.4, 0.5) is 5.82 Å². The van der Waals surface area contributed by atoms with Gasteiger partial charge in [-0.05, 0) is 24.6 Å². The third-order valence-electron chi connectivity index (χ3n) is 5.00. The largest absolute Gasteiger partial charge is 0.507 e. The lowest BCUT2D eigenvalue weighted by molar-refractivity contribution is -0.132. The predicted octanol–water partition coefficient (Wildman–Crippen LogP) is 3.40. The molecule has 31 heavy (non-hydrogen) atoms. The van der Waals surface area contributed by atoms with Crippen LogP contribution in [0.5, 0.6) is 0 Å². The summed E-state index contributed by atoms with van der Waals surface area (Å²) in [5.74, 6) is -1.90. The van der Waals surface area contributed by atoms with E-state index in [9.17, 15) is 19.5 Å². The van der Waals surface area contributed by atoms with Crippen molar-refractivity contribution in [3.05, 3.63) is 88.7 Å². The highest BCUT2D eigenvalue weighted by Crippen LogP contribution is 2.41. The number of hydrogen-bond donors (Lipinski definition) is 1. The van der Waals surface area contributed by atoms with E-state index in [1.54, 1.807) is 49.4 Å². The topological polar surface area (TPSA) is 110 Å². The molecule has 1 atom stereocenters. The fraction of sp³-hybridized carbons (Fsp3) is 0.130. The van der Waals surface area contributed by atoms with Crippen molar-refractivity contribution in [1.29, 1.82) is 0 Å². The maximum Gasteiger partial charge on any atom is 0.337 e. The smallest absolute Gasteiger partial charge is 0.337 e. The van der Waals surface area contributed by atoms with Gasteiger partial charge in [-0.2, -0.15) is 0 Å². The number of aliphatic hydroxyl groups excluding tert-OH is 1. The predicted molar refractivity (Wildman–Crippen MR) is 110 cm³/mol. The number of carbonyl (C=O) groups is 3. The van der Waals surface area contributed by atoms with Crippen LogP contribution in [0.3, 0.4) is 0 Å². The van der Waals surface area contributed by atoms with Crippen LogP contribution < -0.4 is 4.90 Å². The van der Waals surface area contributed by atoms with Crippen LogP contribution in [0.25, 0.3) is 5.76 Å². The van der Waals surface area contributed by atoms with Gasteiger partial charge < -0.3 is 14.4 Å².